The molecule has 0 unspecified atom stereocenters. The van der Waals surface area contributed by atoms with Crippen molar-refractivity contribution in [1.82, 2.24) is 9.80 Å². The fourth-order valence-corrected chi connectivity index (χ4v) is 5.16. The van der Waals surface area contributed by atoms with E-state index in [9.17, 15) is 0 Å². The van der Waals surface area contributed by atoms with Crippen LogP contribution in [-0.4, -0.2) is 67.7 Å². The number of ether oxygens (including phenoxy) is 2. The molecule has 1 saturated heterocycles. The lowest BCUT2D eigenvalue weighted by atomic mass is 9.92. The van der Waals surface area contributed by atoms with Crippen LogP contribution in [0.4, 0.5) is 0 Å². The molecule has 0 radical (unpaired) electrons. The summed E-state index contributed by atoms with van der Waals surface area (Å²) in [5, 5.41) is 2.17. The average molecular weight is 396 g/mol. The summed E-state index contributed by atoms with van der Waals surface area (Å²) in [6.07, 6.45) is 8.96. The molecule has 5 heteroatoms. The van der Waals surface area contributed by atoms with Gasteiger partial charge in [0, 0.05) is 61.7 Å². The van der Waals surface area contributed by atoms with E-state index in [4.69, 9.17) is 9.47 Å². The summed E-state index contributed by atoms with van der Waals surface area (Å²) in [6.45, 7) is 7.80. The SMILES string of the molecule is C1=CC(=C2CN3CCC=C3c3cc(OCCCN4CCOCC4)ccc32)[S+]=C1. The standard InChI is InChI=1S/C23H27N2O2S/c1-4-22-20-16-18(27-12-3-8-24-10-13-26-14-11-24)6-7-19(20)21(17-25(22)9-1)23-5-2-15-28-23/h2,4-7,15-16H,1,3,8-14,17H2/q+1. The van der Waals surface area contributed by atoms with Gasteiger partial charge < -0.3 is 14.4 Å². The number of benzene rings is 1. The Labute approximate surface area is 171 Å². The predicted molar refractivity (Wildman–Crippen MR) is 117 cm³/mol. The predicted octanol–water partition coefficient (Wildman–Crippen LogP) is 3.01. The molecule has 1 fully saturated rings. The third-order valence-corrected chi connectivity index (χ3v) is 6.76. The second-order valence-corrected chi connectivity index (χ2v) is 8.57. The first-order valence-electron chi connectivity index (χ1n) is 10.3. The van der Waals surface area contributed by atoms with E-state index in [1.54, 1.807) is 0 Å². The molecule has 5 rings (SSSR count). The van der Waals surface area contributed by atoms with Gasteiger partial charge in [-0.2, -0.15) is 0 Å². The summed E-state index contributed by atoms with van der Waals surface area (Å²) in [5.41, 5.74) is 5.53. The molecular weight excluding hydrogens is 368 g/mol. The minimum atomic E-state index is 0.764. The zero-order valence-electron chi connectivity index (χ0n) is 16.2. The van der Waals surface area contributed by atoms with Crippen LogP contribution in [0.3, 0.4) is 0 Å². The number of allylic oxidation sites excluding steroid dienone is 2. The Morgan fingerprint density at radius 2 is 2.04 bits per heavy atom. The smallest absolute Gasteiger partial charge is 0.236 e. The van der Waals surface area contributed by atoms with E-state index < -0.39 is 0 Å². The Balaban J connectivity index is 1.31. The summed E-state index contributed by atoms with van der Waals surface area (Å²) >= 11 is 1.83. The summed E-state index contributed by atoms with van der Waals surface area (Å²) < 4.78 is 11.5. The topological polar surface area (TPSA) is 24.9 Å². The fraction of sp³-hybridized carbons (Fsp3) is 0.435. The van der Waals surface area contributed by atoms with Crippen LogP contribution in [0.15, 0.2) is 41.3 Å². The van der Waals surface area contributed by atoms with Crippen molar-refractivity contribution in [2.24, 2.45) is 0 Å². The maximum Gasteiger partial charge on any atom is 0.236 e. The van der Waals surface area contributed by atoms with Crippen molar-refractivity contribution in [1.29, 1.82) is 0 Å². The van der Waals surface area contributed by atoms with Crippen molar-refractivity contribution in [3.05, 3.63) is 52.5 Å². The van der Waals surface area contributed by atoms with Gasteiger partial charge in [0.25, 0.3) is 0 Å². The number of fused-ring (bicyclic) bond motifs is 3. The lowest BCUT2D eigenvalue weighted by Gasteiger charge is -2.31. The molecule has 0 aromatic heterocycles. The molecule has 4 heterocycles. The Morgan fingerprint density at radius 3 is 2.89 bits per heavy atom. The highest BCUT2D eigenvalue weighted by Crippen LogP contribution is 2.41. The third-order valence-electron chi connectivity index (χ3n) is 5.83. The molecule has 146 valence electrons. The molecule has 28 heavy (non-hydrogen) atoms. The lowest BCUT2D eigenvalue weighted by Crippen LogP contribution is -2.37. The average Bonchev–Trinajstić information content (AvgIpc) is 3.43. The molecule has 0 amide bonds. The van der Waals surface area contributed by atoms with Crippen LogP contribution < -0.4 is 4.74 Å². The molecule has 4 aliphatic rings. The second-order valence-electron chi connectivity index (χ2n) is 7.62. The fourth-order valence-electron chi connectivity index (χ4n) is 4.38. The summed E-state index contributed by atoms with van der Waals surface area (Å²) in [4.78, 5) is 6.36. The molecule has 4 nitrogen and oxygen atoms in total. The van der Waals surface area contributed by atoms with Gasteiger partial charge in [0.1, 0.15) is 5.75 Å². The number of hydrogen-bond acceptors (Lipinski definition) is 4. The van der Waals surface area contributed by atoms with E-state index in [2.05, 4.69) is 51.6 Å². The molecular formula is C23H27N2O2S+. The van der Waals surface area contributed by atoms with Crippen LogP contribution >= 0.6 is 0 Å². The Morgan fingerprint density at radius 1 is 1.11 bits per heavy atom. The van der Waals surface area contributed by atoms with Crippen LogP contribution in [0.5, 0.6) is 5.75 Å². The molecule has 1 aromatic rings. The molecule has 1 aromatic carbocycles. The van der Waals surface area contributed by atoms with Crippen molar-refractivity contribution in [2.45, 2.75) is 12.8 Å². The van der Waals surface area contributed by atoms with Crippen LogP contribution in [0.25, 0.3) is 11.3 Å². The zero-order valence-corrected chi connectivity index (χ0v) is 17.0. The minimum absolute atomic E-state index is 0.764. The van der Waals surface area contributed by atoms with E-state index in [0.717, 1.165) is 71.1 Å². The van der Waals surface area contributed by atoms with Crippen molar-refractivity contribution in [2.75, 3.05) is 52.5 Å². The first-order chi connectivity index (χ1) is 13.9. The monoisotopic (exact) mass is 395 g/mol. The van der Waals surface area contributed by atoms with Crippen molar-refractivity contribution in [3.63, 3.8) is 0 Å². The highest BCUT2D eigenvalue weighted by Gasteiger charge is 2.31. The molecule has 0 N–H and O–H groups in total. The van der Waals surface area contributed by atoms with Gasteiger partial charge in [0.2, 0.25) is 16.3 Å². The molecule has 0 spiro atoms. The van der Waals surface area contributed by atoms with Crippen molar-refractivity contribution < 1.29 is 9.47 Å². The van der Waals surface area contributed by atoms with Gasteiger partial charge in [0.15, 0.2) is 5.37 Å². The quantitative estimate of drug-likeness (QED) is 0.435. The second kappa shape index (κ2) is 8.19. The molecule has 0 saturated carbocycles. The Bertz CT molecular complexity index is 851. The van der Waals surface area contributed by atoms with Crippen molar-refractivity contribution in [3.8, 4) is 5.75 Å². The maximum atomic E-state index is 6.13. The molecule has 0 atom stereocenters. The van der Waals surface area contributed by atoms with E-state index in [1.807, 2.05) is 11.4 Å². The van der Waals surface area contributed by atoms with Gasteiger partial charge in [-0.05, 0) is 30.5 Å². The first kappa shape index (κ1) is 18.1. The van der Waals surface area contributed by atoms with Crippen LogP contribution in [0.2, 0.25) is 0 Å². The van der Waals surface area contributed by atoms with Gasteiger partial charge in [-0.15, -0.1) is 0 Å². The highest BCUT2D eigenvalue weighted by molar-refractivity contribution is 7.82. The number of hydrogen-bond donors (Lipinski definition) is 0. The van der Waals surface area contributed by atoms with Gasteiger partial charge in [-0.25, -0.2) is 0 Å². The molecule has 0 aliphatic carbocycles. The van der Waals surface area contributed by atoms with Gasteiger partial charge >= 0.3 is 0 Å². The number of rotatable bonds is 5. The van der Waals surface area contributed by atoms with Crippen LogP contribution in [-0.2, 0) is 16.1 Å². The van der Waals surface area contributed by atoms with Gasteiger partial charge in [-0.3, -0.25) is 4.90 Å². The Kier molecular flexibility index (Phi) is 5.30. The van der Waals surface area contributed by atoms with E-state index in [1.165, 1.54) is 27.3 Å². The zero-order chi connectivity index (χ0) is 18.8. The summed E-state index contributed by atoms with van der Waals surface area (Å²) in [7, 11) is 0. The van der Waals surface area contributed by atoms with Crippen LogP contribution in [0.1, 0.15) is 24.0 Å². The maximum absolute atomic E-state index is 6.13. The van der Waals surface area contributed by atoms with Crippen LogP contribution in [0, 0.1) is 0 Å². The molecule has 0 bridgehead atoms. The first-order valence-corrected chi connectivity index (χ1v) is 11.2. The largest absolute Gasteiger partial charge is 0.494 e. The van der Waals surface area contributed by atoms with Gasteiger partial charge in [0.05, 0.1) is 19.8 Å². The third kappa shape index (κ3) is 3.66. The Hall–Kier alpha value is -1.95. The van der Waals surface area contributed by atoms with Gasteiger partial charge in [-0.1, -0.05) is 12.1 Å². The van der Waals surface area contributed by atoms with E-state index in [-0.39, 0.29) is 0 Å². The summed E-state index contributed by atoms with van der Waals surface area (Å²) in [5.74, 6) is 0.987. The van der Waals surface area contributed by atoms with E-state index >= 15 is 0 Å². The summed E-state index contributed by atoms with van der Waals surface area (Å²) in [6, 6.07) is 6.66. The van der Waals surface area contributed by atoms with E-state index in [0.29, 0.717) is 0 Å². The lowest BCUT2D eigenvalue weighted by molar-refractivity contribution is 0.0358. The number of nitrogens with zero attached hydrogens (tertiary/aromatic N) is 2. The number of morpholine rings is 1. The normalized spacial score (nSPS) is 23.7. The molecule has 4 aliphatic heterocycles. The highest BCUT2D eigenvalue weighted by atomic mass is 32.1. The minimum Gasteiger partial charge on any atom is -0.494 e. The van der Waals surface area contributed by atoms with Crippen molar-refractivity contribution >= 4 is 28.0 Å².